The fraction of sp³-hybridized carbons (Fsp3) is 0.600. The molecule has 2 fully saturated rings. The van der Waals surface area contributed by atoms with E-state index in [1.165, 1.54) is 50.3 Å². The fourth-order valence-electron chi connectivity index (χ4n) is 2.83. The molecule has 0 unspecified atom stereocenters. The van der Waals surface area contributed by atoms with Gasteiger partial charge in [-0.05, 0) is 43.5 Å². The van der Waals surface area contributed by atoms with Crippen molar-refractivity contribution >= 4 is 5.69 Å². The van der Waals surface area contributed by atoms with Gasteiger partial charge >= 0.3 is 0 Å². The first kappa shape index (κ1) is 12.0. The van der Waals surface area contributed by atoms with E-state index in [-0.39, 0.29) is 0 Å². The Labute approximate surface area is 110 Å². The van der Waals surface area contributed by atoms with Crippen LogP contribution in [-0.2, 0) is 6.42 Å². The molecule has 0 bridgehead atoms. The van der Waals surface area contributed by atoms with Gasteiger partial charge in [0.05, 0.1) is 0 Å². The van der Waals surface area contributed by atoms with Crippen molar-refractivity contribution in [1.82, 2.24) is 4.90 Å². The molecule has 2 aliphatic rings. The van der Waals surface area contributed by atoms with Crippen molar-refractivity contribution < 1.29 is 0 Å². The number of benzene rings is 1. The van der Waals surface area contributed by atoms with E-state index >= 15 is 0 Å². The Morgan fingerprint density at radius 1 is 1.00 bits per heavy atom. The molecule has 0 amide bonds. The second-order valence-electron chi connectivity index (χ2n) is 5.46. The molecule has 1 aliphatic heterocycles. The molecule has 1 saturated carbocycles. The van der Waals surface area contributed by atoms with Crippen LogP contribution in [0.4, 0.5) is 5.69 Å². The average Bonchev–Trinajstić information content (AvgIpc) is 3.25. The quantitative estimate of drug-likeness (QED) is 0.872. The lowest BCUT2D eigenvalue weighted by molar-refractivity contribution is 0.248. The van der Waals surface area contributed by atoms with Crippen molar-refractivity contribution in [2.24, 2.45) is 5.73 Å². The Morgan fingerprint density at radius 2 is 1.67 bits per heavy atom. The molecule has 2 N–H and O–H groups in total. The number of piperazine rings is 1. The maximum atomic E-state index is 5.57. The van der Waals surface area contributed by atoms with Crippen molar-refractivity contribution in [1.29, 1.82) is 0 Å². The summed E-state index contributed by atoms with van der Waals surface area (Å²) in [4.78, 5) is 5.16. The normalized spacial score (nSPS) is 21.3. The fourth-order valence-corrected chi connectivity index (χ4v) is 2.83. The van der Waals surface area contributed by atoms with Crippen LogP contribution in [0.3, 0.4) is 0 Å². The molecule has 3 rings (SSSR count). The van der Waals surface area contributed by atoms with Gasteiger partial charge in [0.1, 0.15) is 0 Å². The molecule has 98 valence electrons. The number of hydrogen-bond acceptors (Lipinski definition) is 3. The third kappa shape index (κ3) is 2.68. The summed E-state index contributed by atoms with van der Waals surface area (Å²) >= 11 is 0. The highest BCUT2D eigenvalue weighted by molar-refractivity contribution is 5.48. The third-order valence-corrected chi connectivity index (χ3v) is 4.11. The first-order chi connectivity index (χ1) is 8.86. The van der Waals surface area contributed by atoms with E-state index in [1.807, 2.05) is 0 Å². The highest BCUT2D eigenvalue weighted by Gasteiger charge is 2.31. The first-order valence-electron chi connectivity index (χ1n) is 7.15. The van der Waals surface area contributed by atoms with Gasteiger partial charge in [-0.25, -0.2) is 0 Å². The number of rotatable bonds is 4. The predicted molar refractivity (Wildman–Crippen MR) is 76.0 cm³/mol. The van der Waals surface area contributed by atoms with Crippen molar-refractivity contribution in [3.8, 4) is 0 Å². The lowest BCUT2D eigenvalue weighted by Crippen LogP contribution is -2.47. The van der Waals surface area contributed by atoms with Crippen molar-refractivity contribution in [3.63, 3.8) is 0 Å². The standard InChI is InChI=1S/C15H23N3/c16-8-7-13-1-3-14(4-2-13)17-9-11-18(12-10-17)15-5-6-15/h1-4,15H,5-12,16H2. The molecule has 1 heterocycles. The van der Waals surface area contributed by atoms with Gasteiger partial charge in [-0.15, -0.1) is 0 Å². The molecule has 0 radical (unpaired) electrons. The monoisotopic (exact) mass is 245 g/mol. The Hall–Kier alpha value is -1.06. The number of nitrogens with two attached hydrogens (primary N) is 1. The molecule has 1 aromatic carbocycles. The molecule has 3 nitrogen and oxygen atoms in total. The maximum absolute atomic E-state index is 5.57. The van der Waals surface area contributed by atoms with Crippen LogP contribution in [0.25, 0.3) is 0 Å². The van der Waals surface area contributed by atoms with Crippen molar-refractivity contribution in [2.45, 2.75) is 25.3 Å². The molecule has 0 aromatic heterocycles. The van der Waals surface area contributed by atoms with Crippen molar-refractivity contribution in [2.75, 3.05) is 37.6 Å². The van der Waals surface area contributed by atoms with Gasteiger partial charge in [0, 0.05) is 37.9 Å². The minimum atomic E-state index is 0.736. The van der Waals surface area contributed by atoms with E-state index in [4.69, 9.17) is 5.73 Å². The smallest absolute Gasteiger partial charge is 0.0367 e. The Bertz CT molecular complexity index is 375. The molecule has 0 atom stereocenters. The molecule has 1 aromatic rings. The largest absolute Gasteiger partial charge is 0.369 e. The lowest BCUT2D eigenvalue weighted by Gasteiger charge is -2.36. The molecule has 18 heavy (non-hydrogen) atoms. The van der Waals surface area contributed by atoms with Crippen LogP contribution in [0.1, 0.15) is 18.4 Å². The zero-order valence-corrected chi connectivity index (χ0v) is 11.0. The zero-order chi connectivity index (χ0) is 12.4. The minimum Gasteiger partial charge on any atom is -0.369 e. The summed E-state index contributed by atoms with van der Waals surface area (Å²) in [6.45, 7) is 5.54. The summed E-state index contributed by atoms with van der Waals surface area (Å²) in [5.41, 5.74) is 8.29. The number of hydrogen-bond donors (Lipinski definition) is 1. The summed E-state index contributed by atoms with van der Waals surface area (Å²) in [6, 6.07) is 9.85. The third-order valence-electron chi connectivity index (χ3n) is 4.11. The van der Waals surface area contributed by atoms with E-state index in [9.17, 15) is 0 Å². The molecule has 0 spiro atoms. The number of nitrogens with zero attached hydrogens (tertiary/aromatic N) is 2. The summed E-state index contributed by atoms with van der Waals surface area (Å²) < 4.78 is 0. The molecule has 1 aliphatic carbocycles. The van der Waals surface area contributed by atoms with Gasteiger partial charge in [0.2, 0.25) is 0 Å². The average molecular weight is 245 g/mol. The molecular weight excluding hydrogens is 222 g/mol. The van der Waals surface area contributed by atoms with Gasteiger partial charge in [-0.3, -0.25) is 4.90 Å². The molecular formula is C15H23N3. The van der Waals surface area contributed by atoms with Crippen LogP contribution >= 0.6 is 0 Å². The van der Waals surface area contributed by atoms with Gasteiger partial charge in [0.25, 0.3) is 0 Å². The zero-order valence-electron chi connectivity index (χ0n) is 11.0. The van der Waals surface area contributed by atoms with Crippen LogP contribution < -0.4 is 10.6 Å². The number of anilines is 1. The van der Waals surface area contributed by atoms with E-state index in [2.05, 4.69) is 34.1 Å². The van der Waals surface area contributed by atoms with Crippen LogP contribution in [0, 0.1) is 0 Å². The van der Waals surface area contributed by atoms with E-state index in [0.717, 1.165) is 19.0 Å². The summed E-state index contributed by atoms with van der Waals surface area (Å²) in [5.74, 6) is 0. The van der Waals surface area contributed by atoms with Crippen molar-refractivity contribution in [3.05, 3.63) is 29.8 Å². The molecule has 3 heteroatoms. The first-order valence-corrected chi connectivity index (χ1v) is 7.15. The second-order valence-corrected chi connectivity index (χ2v) is 5.46. The molecule has 1 saturated heterocycles. The Morgan fingerprint density at radius 3 is 2.22 bits per heavy atom. The van der Waals surface area contributed by atoms with Gasteiger partial charge in [-0.2, -0.15) is 0 Å². The van der Waals surface area contributed by atoms with Crippen LogP contribution in [0.15, 0.2) is 24.3 Å². The highest BCUT2D eigenvalue weighted by Crippen LogP contribution is 2.28. The maximum Gasteiger partial charge on any atom is 0.0367 e. The topological polar surface area (TPSA) is 32.5 Å². The van der Waals surface area contributed by atoms with Crippen LogP contribution in [0.5, 0.6) is 0 Å². The van der Waals surface area contributed by atoms with Crippen LogP contribution in [-0.4, -0.2) is 43.7 Å². The van der Waals surface area contributed by atoms with Crippen LogP contribution in [0.2, 0.25) is 0 Å². The highest BCUT2D eigenvalue weighted by atomic mass is 15.3. The summed E-state index contributed by atoms with van der Waals surface area (Å²) in [6.07, 6.45) is 3.83. The SMILES string of the molecule is NCCc1ccc(N2CCN(C3CC3)CC2)cc1. The van der Waals surface area contributed by atoms with Gasteiger partial charge in [-0.1, -0.05) is 12.1 Å². The van der Waals surface area contributed by atoms with Gasteiger partial charge in [0.15, 0.2) is 0 Å². The Kier molecular flexibility index (Phi) is 3.52. The van der Waals surface area contributed by atoms with E-state index in [0.29, 0.717) is 0 Å². The predicted octanol–water partition coefficient (Wildman–Crippen LogP) is 1.47. The van der Waals surface area contributed by atoms with Gasteiger partial charge < -0.3 is 10.6 Å². The summed E-state index contributed by atoms with van der Waals surface area (Å²) in [7, 11) is 0. The minimum absolute atomic E-state index is 0.736. The van der Waals surface area contributed by atoms with E-state index in [1.54, 1.807) is 0 Å². The van der Waals surface area contributed by atoms with E-state index < -0.39 is 0 Å². The summed E-state index contributed by atoms with van der Waals surface area (Å²) in [5, 5.41) is 0. The lowest BCUT2D eigenvalue weighted by atomic mass is 10.1. The second kappa shape index (κ2) is 5.29. The Balaban J connectivity index is 1.57.